The Kier molecular flexibility index (Phi) is 5.35. The van der Waals surface area contributed by atoms with E-state index in [2.05, 4.69) is 18.6 Å². The van der Waals surface area contributed by atoms with Crippen molar-refractivity contribution in [1.82, 2.24) is 0 Å². The molecule has 0 bridgehead atoms. The number of benzene rings is 2. The molecule has 2 rings (SSSR count). The quantitative estimate of drug-likeness (QED) is 0.848. The summed E-state index contributed by atoms with van der Waals surface area (Å²) in [5, 5.41) is 0. The summed E-state index contributed by atoms with van der Waals surface area (Å²) >= 11 is 0. The molecule has 2 aromatic rings. The molecule has 1 atom stereocenters. The van der Waals surface area contributed by atoms with Gasteiger partial charge in [0, 0.05) is 11.9 Å². The normalized spacial score (nSPS) is 13.5. The van der Waals surface area contributed by atoms with Gasteiger partial charge in [-0.15, -0.1) is 0 Å². The van der Waals surface area contributed by atoms with E-state index in [1.54, 1.807) is 12.1 Å². The first-order chi connectivity index (χ1) is 11.1. The number of anilines is 1. The lowest BCUT2D eigenvalue weighted by Gasteiger charge is -2.11. The summed E-state index contributed by atoms with van der Waals surface area (Å²) in [6.07, 6.45) is 2.09. The molecule has 0 aliphatic rings. The van der Waals surface area contributed by atoms with Crippen molar-refractivity contribution in [3.05, 3.63) is 54.1 Å². The SMILES string of the molecule is CCC(C)c1ccc(S(=O)(=O)Nc2ccc(S(C)(=O)=O)cc2)cc1. The Bertz CT molecular complexity index is 900. The summed E-state index contributed by atoms with van der Waals surface area (Å²) in [7, 11) is -7.02. The topological polar surface area (TPSA) is 80.3 Å². The van der Waals surface area contributed by atoms with Gasteiger partial charge in [0.05, 0.1) is 9.79 Å². The molecule has 0 fully saturated rings. The lowest BCUT2D eigenvalue weighted by molar-refractivity contribution is 0.600. The number of rotatable bonds is 6. The molecule has 5 nitrogen and oxygen atoms in total. The van der Waals surface area contributed by atoms with Gasteiger partial charge >= 0.3 is 0 Å². The maximum absolute atomic E-state index is 12.4. The molecule has 0 saturated carbocycles. The second kappa shape index (κ2) is 6.94. The number of sulfone groups is 1. The lowest BCUT2D eigenvalue weighted by atomic mass is 9.99. The van der Waals surface area contributed by atoms with Crippen molar-refractivity contribution in [3.8, 4) is 0 Å². The summed E-state index contributed by atoms with van der Waals surface area (Å²) in [5.74, 6) is 0.373. The number of sulfonamides is 1. The molecule has 1 N–H and O–H groups in total. The van der Waals surface area contributed by atoms with Crippen molar-refractivity contribution < 1.29 is 16.8 Å². The van der Waals surface area contributed by atoms with Gasteiger partial charge in [0.15, 0.2) is 9.84 Å². The third-order valence-electron chi connectivity index (χ3n) is 3.91. The Morgan fingerprint density at radius 3 is 1.83 bits per heavy atom. The minimum Gasteiger partial charge on any atom is -0.280 e. The Balaban J connectivity index is 2.22. The molecule has 1 unspecified atom stereocenters. The van der Waals surface area contributed by atoms with Crippen molar-refractivity contribution >= 4 is 25.5 Å². The van der Waals surface area contributed by atoms with Crippen molar-refractivity contribution in [2.75, 3.05) is 11.0 Å². The second-order valence-corrected chi connectivity index (χ2v) is 9.48. The van der Waals surface area contributed by atoms with Gasteiger partial charge in [-0.3, -0.25) is 4.72 Å². The molecule has 0 amide bonds. The number of nitrogens with one attached hydrogen (secondary N) is 1. The summed E-state index contributed by atoms with van der Waals surface area (Å²) in [5.41, 5.74) is 1.40. The predicted octanol–water partition coefficient (Wildman–Crippen LogP) is 3.40. The fraction of sp³-hybridized carbons (Fsp3) is 0.294. The van der Waals surface area contributed by atoms with Gasteiger partial charge in [0.2, 0.25) is 0 Å². The van der Waals surface area contributed by atoms with Crippen LogP contribution in [0.25, 0.3) is 0 Å². The van der Waals surface area contributed by atoms with Crippen LogP contribution in [-0.4, -0.2) is 23.1 Å². The van der Waals surface area contributed by atoms with Gasteiger partial charge in [-0.05, 0) is 54.3 Å². The van der Waals surface area contributed by atoms with Crippen LogP contribution in [0.3, 0.4) is 0 Å². The Labute approximate surface area is 143 Å². The average molecular weight is 367 g/mol. The Morgan fingerprint density at radius 1 is 0.875 bits per heavy atom. The second-order valence-electron chi connectivity index (χ2n) is 5.78. The van der Waals surface area contributed by atoms with E-state index in [1.165, 1.54) is 24.3 Å². The van der Waals surface area contributed by atoms with Gasteiger partial charge in [0.1, 0.15) is 0 Å². The van der Waals surface area contributed by atoms with Crippen LogP contribution >= 0.6 is 0 Å². The molecule has 7 heteroatoms. The molecular weight excluding hydrogens is 346 g/mol. The van der Waals surface area contributed by atoms with Crippen molar-refractivity contribution in [2.24, 2.45) is 0 Å². The molecule has 130 valence electrons. The van der Waals surface area contributed by atoms with Gasteiger partial charge in [-0.2, -0.15) is 0 Å². The summed E-state index contributed by atoms with van der Waals surface area (Å²) in [6.45, 7) is 4.17. The first kappa shape index (κ1) is 18.5. The van der Waals surface area contributed by atoms with Crippen LogP contribution in [0.1, 0.15) is 31.7 Å². The van der Waals surface area contributed by atoms with Crippen LogP contribution in [-0.2, 0) is 19.9 Å². The molecule has 0 aliphatic heterocycles. The highest BCUT2D eigenvalue weighted by molar-refractivity contribution is 7.92. The van der Waals surface area contributed by atoms with E-state index in [4.69, 9.17) is 0 Å². The van der Waals surface area contributed by atoms with Crippen LogP contribution in [0, 0.1) is 0 Å². The Morgan fingerprint density at radius 2 is 1.38 bits per heavy atom. The van der Waals surface area contributed by atoms with Crippen LogP contribution in [0.2, 0.25) is 0 Å². The monoisotopic (exact) mass is 367 g/mol. The van der Waals surface area contributed by atoms with E-state index in [0.717, 1.165) is 18.2 Å². The zero-order chi connectivity index (χ0) is 18.0. The molecule has 0 spiro atoms. The molecule has 0 heterocycles. The fourth-order valence-electron chi connectivity index (χ4n) is 2.20. The summed E-state index contributed by atoms with van der Waals surface area (Å²) in [6, 6.07) is 12.4. The van der Waals surface area contributed by atoms with Gasteiger partial charge in [-0.25, -0.2) is 16.8 Å². The summed E-state index contributed by atoms with van der Waals surface area (Å²) in [4.78, 5) is 0.310. The zero-order valence-corrected chi connectivity index (χ0v) is 15.5. The van der Waals surface area contributed by atoms with Gasteiger partial charge in [0.25, 0.3) is 10.0 Å². The molecule has 2 aromatic carbocycles. The first-order valence-corrected chi connectivity index (χ1v) is 10.9. The van der Waals surface area contributed by atoms with Gasteiger partial charge in [-0.1, -0.05) is 26.0 Å². The molecule has 24 heavy (non-hydrogen) atoms. The highest BCUT2D eigenvalue weighted by atomic mass is 32.2. The molecule has 0 aromatic heterocycles. The lowest BCUT2D eigenvalue weighted by Crippen LogP contribution is -2.13. The van der Waals surface area contributed by atoms with Crippen molar-refractivity contribution in [1.29, 1.82) is 0 Å². The molecular formula is C17H21NO4S2. The van der Waals surface area contributed by atoms with E-state index in [0.29, 0.717) is 11.6 Å². The zero-order valence-electron chi connectivity index (χ0n) is 13.9. The van der Waals surface area contributed by atoms with E-state index >= 15 is 0 Å². The van der Waals surface area contributed by atoms with Crippen LogP contribution in [0.5, 0.6) is 0 Å². The van der Waals surface area contributed by atoms with Crippen LogP contribution in [0.4, 0.5) is 5.69 Å². The fourth-order valence-corrected chi connectivity index (χ4v) is 3.88. The molecule has 0 radical (unpaired) electrons. The first-order valence-electron chi connectivity index (χ1n) is 7.56. The highest BCUT2D eigenvalue weighted by Crippen LogP contribution is 2.22. The third-order valence-corrected chi connectivity index (χ3v) is 6.43. The van der Waals surface area contributed by atoms with Crippen molar-refractivity contribution in [3.63, 3.8) is 0 Å². The third kappa shape index (κ3) is 4.36. The Hall–Kier alpha value is -1.86. The standard InChI is InChI=1S/C17H21NO4S2/c1-4-13(2)14-5-9-17(10-6-14)24(21,22)18-15-7-11-16(12-8-15)23(3,19)20/h5-13,18H,4H2,1-3H3. The molecule has 0 saturated heterocycles. The number of hydrogen-bond acceptors (Lipinski definition) is 4. The van der Waals surface area contributed by atoms with E-state index < -0.39 is 19.9 Å². The maximum atomic E-state index is 12.4. The predicted molar refractivity (Wildman–Crippen MR) is 95.5 cm³/mol. The minimum absolute atomic E-state index is 0.142. The minimum atomic E-state index is -3.71. The van der Waals surface area contributed by atoms with E-state index in [9.17, 15) is 16.8 Å². The van der Waals surface area contributed by atoms with Crippen LogP contribution in [0.15, 0.2) is 58.3 Å². The highest BCUT2D eigenvalue weighted by Gasteiger charge is 2.15. The number of hydrogen-bond donors (Lipinski definition) is 1. The van der Waals surface area contributed by atoms with Crippen molar-refractivity contribution in [2.45, 2.75) is 36.0 Å². The largest absolute Gasteiger partial charge is 0.280 e. The van der Waals surface area contributed by atoms with Gasteiger partial charge < -0.3 is 0 Å². The van der Waals surface area contributed by atoms with Crippen LogP contribution < -0.4 is 4.72 Å². The average Bonchev–Trinajstić information content (AvgIpc) is 2.53. The molecule has 0 aliphatic carbocycles. The smallest absolute Gasteiger partial charge is 0.261 e. The van der Waals surface area contributed by atoms with E-state index in [1.807, 2.05) is 12.1 Å². The van der Waals surface area contributed by atoms with E-state index in [-0.39, 0.29) is 9.79 Å². The summed E-state index contributed by atoms with van der Waals surface area (Å²) < 4.78 is 50.1. The maximum Gasteiger partial charge on any atom is 0.261 e.